The molecule has 0 aliphatic carbocycles. The smallest absolute Gasteiger partial charge is 0.419 e. The van der Waals surface area contributed by atoms with Gasteiger partial charge in [-0.2, -0.15) is 0 Å². The molecule has 1 amide bonds. The average Bonchev–Trinajstić information content (AvgIpc) is 3.20. The van der Waals surface area contributed by atoms with Crippen molar-refractivity contribution in [3.63, 3.8) is 0 Å². The fraction of sp³-hybridized carbons (Fsp3) is 0.364. The number of fused-ring (bicyclic) bond motifs is 1. The maximum absolute atomic E-state index is 13.1. The van der Waals surface area contributed by atoms with Gasteiger partial charge < -0.3 is 18.9 Å². The lowest BCUT2D eigenvalue weighted by Crippen LogP contribution is -2.56. The van der Waals surface area contributed by atoms with E-state index >= 15 is 0 Å². The van der Waals surface area contributed by atoms with E-state index in [9.17, 15) is 9.59 Å². The molecule has 7 nitrogen and oxygen atoms in total. The van der Waals surface area contributed by atoms with Crippen molar-refractivity contribution < 1.29 is 28.5 Å². The Kier molecular flexibility index (Phi) is 6.03. The molecule has 0 spiro atoms. The summed E-state index contributed by atoms with van der Waals surface area (Å²) in [5, 5.41) is 0. The lowest BCUT2D eigenvalue weighted by Gasteiger charge is -2.42. The molecule has 0 saturated carbocycles. The molecule has 1 aliphatic heterocycles. The van der Waals surface area contributed by atoms with Crippen LogP contribution in [0.4, 0.5) is 10.5 Å². The van der Waals surface area contributed by atoms with Gasteiger partial charge in [-0.3, -0.25) is 4.79 Å². The summed E-state index contributed by atoms with van der Waals surface area (Å²) in [6, 6.07) is 9.21. The van der Waals surface area contributed by atoms with Crippen molar-refractivity contribution in [1.29, 1.82) is 0 Å². The molecule has 0 unspecified atom stereocenters. The van der Waals surface area contributed by atoms with E-state index in [1.807, 2.05) is 18.2 Å². The Hall–Kier alpha value is -2.68. The number of aldehydes is 1. The molecule has 2 heterocycles. The van der Waals surface area contributed by atoms with E-state index in [1.54, 1.807) is 39.0 Å². The lowest BCUT2D eigenvalue weighted by atomic mass is 10.00. The van der Waals surface area contributed by atoms with Crippen molar-refractivity contribution in [3.8, 4) is 10.4 Å². The third-order valence-corrected chi connectivity index (χ3v) is 5.60. The molecule has 0 bridgehead atoms. The van der Waals surface area contributed by atoms with Gasteiger partial charge in [0.25, 0.3) is 5.91 Å². The van der Waals surface area contributed by atoms with Gasteiger partial charge in [0.1, 0.15) is 11.4 Å². The summed E-state index contributed by atoms with van der Waals surface area (Å²) in [5.41, 5.74) is 1.37. The molecule has 0 fully saturated rings. The average molecular weight is 432 g/mol. The van der Waals surface area contributed by atoms with Crippen molar-refractivity contribution in [3.05, 3.63) is 46.8 Å². The van der Waals surface area contributed by atoms with Gasteiger partial charge in [-0.1, -0.05) is 6.07 Å². The first-order valence-corrected chi connectivity index (χ1v) is 10.1. The minimum atomic E-state index is -1.53. The van der Waals surface area contributed by atoms with E-state index < -0.39 is 17.6 Å². The number of hydrogen-bond acceptors (Lipinski definition) is 7. The number of amides is 1. The molecule has 1 aromatic heterocycles. The Morgan fingerprint density at radius 2 is 1.80 bits per heavy atom. The Morgan fingerprint density at radius 3 is 2.33 bits per heavy atom. The molecule has 2 aromatic rings. The standard InChI is InChI=1S/C22H25NO6S/c1-21(2,3)29-20(25)23-17-9-7-14(19-10-8-15(13-24)30-19)11-16(17)18(26-4)12-22(23,27-5)28-6/h7-13H,1-6H3. The SMILES string of the molecule is COC1=CC(OC)(OC)N(C(=O)OC(C)(C)C)c2ccc(-c3ccc(C=O)s3)cc21. The zero-order valence-electron chi connectivity index (χ0n) is 17.8. The third-order valence-electron chi connectivity index (χ3n) is 4.54. The van der Waals surface area contributed by atoms with Crippen LogP contribution in [0.2, 0.25) is 0 Å². The van der Waals surface area contributed by atoms with Gasteiger partial charge >= 0.3 is 6.09 Å². The summed E-state index contributed by atoms with van der Waals surface area (Å²) < 4.78 is 22.4. The van der Waals surface area contributed by atoms with E-state index in [1.165, 1.54) is 37.6 Å². The van der Waals surface area contributed by atoms with Gasteiger partial charge in [0, 0.05) is 30.7 Å². The van der Waals surface area contributed by atoms with Crippen LogP contribution in [0.5, 0.6) is 0 Å². The predicted molar refractivity (Wildman–Crippen MR) is 116 cm³/mol. The Morgan fingerprint density at radius 1 is 1.10 bits per heavy atom. The van der Waals surface area contributed by atoms with Crippen LogP contribution in [-0.2, 0) is 18.9 Å². The molecule has 160 valence electrons. The van der Waals surface area contributed by atoms with E-state index in [4.69, 9.17) is 18.9 Å². The highest BCUT2D eigenvalue weighted by Crippen LogP contribution is 2.43. The van der Waals surface area contributed by atoms with Crippen LogP contribution in [0.3, 0.4) is 0 Å². The summed E-state index contributed by atoms with van der Waals surface area (Å²) in [6.45, 7) is 5.37. The van der Waals surface area contributed by atoms with Crippen LogP contribution >= 0.6 is 11.3 Å². The van der Waals surface area contributed by atoms with E-state index in [2.05, 4.69) is 0 Å². The lowest BCUT2D eigenvalue weighted by molar-refractivity contribution is -0.168. The summed E-state index contributed by atoms with van der Waals surface area (Å²) in [6.07, 6.45) is 1.79. The van der Waals surface area contributed by atoms with Gasteiger partial charge in [-0.05, 0) is 50.6 Å². The molecule has 0 atom stereocenters. The van der Waals surface area contributed by atoms with Crippen molar-refractivity contribution in [2.45, 2.75) is 32.3 Å². The summed E-state index contributed by atoms with van der Waals surface area (Å²) in [5.74, 6) is -1.04. The first-order valence-electron chi connectivity index (χ1n) is 9.28. The van der Waals surface area contributed by atoms with Crippen molar-refractivity contribution in [2.24, 2.45) is 0 Å². The van der Waals surface area contributed by atoms with Crippen LogP contribution in [-0.4, -0.2) is 45.2 Å². The van der Waals surface area contributed by atoms with Crippen molar-refractivity contribution in [2.75, 3.05) is 26.2 Å². The van der Waals surface area contributed by atoms with Gasteiger partial charge in [0.05, 0.1) is 17.7 Å². The number of thiophene rings is 1. The number of carbonyl (C=O) groups excluding carboxylic acids is 2. The normalized spacial score (nSPS) is 15.3. The minimum absolute atomic E-state index is 0.488. The Labute approximate surface area is 179 Å². The van der Waals surface area contributed by atoms with Gasteiger partial charge in [0.15, 0.2) is 6.29 Å². The zero-order chi connectivity index (χ0) is 22.1. The fourth-order valence-corrected chi connectivity index (χ4v) is 4.03. The maximum atomic E-state index is 13.1. The molecule has 1 aromatic carbocycles. The molecular formula is C22H25NO6S. The van der Waals surface area contributed by atoms with Gasteiger partial charge in [-0.15, -0.1) is 11.3 Å². The highest BCUT2D eigenvalue weighted by atomic mass is 32.1. The summed E-state index contributed by atoms with van der Waals surface area (Å²) >= 11 is 1.39. The zero-order valence-corrected chi connectivity index (χ0v) is 18.7. The third kappa shape index (κ3) is 3.98. The number of benzene rings is 1. The molecule has 1 aliphatic rings. The number of ether oxygens (including phenoxy) is 4. The molecule has 0 radical (unpaired) electrons. The molecule has 0 saturated heterocycles. The Bertz CT molecular complexity index is 984. The largest absolute Gasteiger partial charge is 0.496 e. The maximum Gasteiger partial charge on any atom is 0.419 e. The van der Waals surface area contributed by atoms with E-state index in [0.29, 0.717) is 21.9 Å². The van der Waals surface area contributed by atoms with Crippen molar-refractivity contribution in [1.82, 2.24) is 0 Å². The summed E-state index contributed by atoms with van der Waals surface area (Å²) in [7, 11) is 4.42. The van der Waals surface area contributed by atoms with Gasteiger partial charge in [0.2, 0.25) is 0 Å². The van der Waals surface area contributed by atoms with Crippen LogP contribution in [0, 0.1) is 0 Å². The first kappa shape index (κ1) is 22.0. The number of nitrogens with zero attached hydrogens (tertiary/aromatic N) is 1. The Balaban J connectivity index is 2.17. The second-order valence-electron chi connectivity index (χ2n) is 7.62. The number of rotatable bonds is 5. The second-order valence-corrected chi connectivity index (χ2v) is 8.73. The number of hydrogen-bond donors (Lipinski definition) is 0. The molecule has 0 N–H and O–H groups in total. The number of methoxy groups -OCH3 is 3. The van der Waals surface area contributed by atoms with Crippen molar-refractivity contribution >= 4 is 35.2 Å². The molecule has 30 heavy (non-hydrogen) atoms. The number of carbonyl (C=O) groups is 2. The van der Waals surface area contributed by atoms with Gasteiger partial charge in [-0.25, -0.2) is 9.69 Å². The van der Waals surface area contributed by atoms with Crippen LogP contribution < -0.4 is 4.90 Å². The van der Waals surface area contributed by atoms with Crippen LogP contribution in [0.1, 0.15) is 36.0 Å². The predicted octanol–water partition coefficient (Wildman–Crippen LogP) is 4.92. The van der Waals surface area contributed by atoms with E-state index in [-0.39, 0.29) is 0 Å². The number of anilines is 1. The highest BCUT2D eigenvalue weighted by Gasteiger charge is 2.47. The molecular weight excluding hydrogens is 406 g/mol. The molecule has 8 heteroatoms. The fourth-order valence-electron chi connectivity index (χ4n) is 3.21. The topological polar surface area (TPSA) is 74.3 Å². The van der Waals surface area contributed by atoms with Crippen LogP contribution in [0.15, 0.2) is 36.4 Å². The molecule has 3 rings (SSSR count). The first-order chi connectivity index (χ1) is 14.2. The second kappa shape index (κ2) is 8.22. The summed E-state index contributed by atoms with van der Waals surface area (Å²) in [4.78, 5) is 27.1. The van der Waals surface area contributed by atoms with E-state index in [0.717, 1.165) is 16.7 Å². The minimum Gasteiger partial charge on any atom is -0.496 e. The highest BCUT2D eigenvalue weighted by molar-refractivity contribution is 7.17. The quantitative estimate of drug-likeness (QED) is 0.494. The van der Waals surface area contributed by atoms with Crippen LogP contribution in [0.25, 0.3) is 16.2 Å². The monoisotopic (exact) mass is 431 g/mol.